The molecule has 1 amide bonds. The molecule has 8 rings (SSSR count). The van der Waals surface area contributed by atoms with Crippen LogP contribution in [0.1, 0.15) is 90.3 Å². The smallest absolute Gasteiger partial charge is 0.411 e. The Bertz CT molecular complexity index is 3150. The molecule has 76 heavy (non-hydrogen) atoms. The molecule has 0 spiro atoms. The largest absolute Gasteiger partial charge is 0.475 e. The molecular formula is C48H68N10O14P2Si2. The van der Waals surface area contributed by atoms with Crippen LogP contribution in [-0.4, -0.2) is 129 Å². The molecule has 3 aliphatic rings. The molecule has 5 aromatic rings. The summed E-state index contributed by atoms with van der Waals surface area (Å²) in [6.45, 7) is 29.4. The molecule has 1 aliphatic carbocycles. The van der Waals surface area contributed by atoms with Crippen LogP contribution >= 0.6 is 15.6 Å². The van der Waals surface area contributed by atoms with Crippen LogP contribution in [0.25, 0.3) is 27.2 Å². The summed E-state index contributed by atoms with van der Waals surface area (Å²) in [5, 5.41) is 1.98. The van der Waals surface area contributed by atoms with Gasteiger partial charge in [0.15, 0.2) is 51.0 Å². The number of carbonyl (C=O) groups excluding carboxylic acids is 2. The molecule has 6 heterocycles. The second-order valence-corrected chi connectivity index (χ2v) is 35.2. The van der Waals surface area contributed by atoms with Gasteiger partial charge in [0.1, 0.15) is 49.0 Å². The number of nitrogens with zero attached hydrogens (tertiary/aromatic N) is 8. The Morgan fingerprint density at radius 1 is 0.895 bits per heavy atom. The number of hydrogen-bond donors (Lipinski definition) is 3. The van der Waals surface area contributed by atoms with Crippen LogP contribution in [0.3, 0.4) is 0 Å². The van der Waals surface area contributed by atoms with Crippen LogP contribution in [0.5, 0.6) is 0 Å². The Balaban J connectivity index is 1.23. The van der Waals surface area contributed by atoms with Gasteiger partial charge in [-0.3, -0.25) is 41.6 Å². The van der Waals surface area contributed by atoms with Gasteiger partial charge in [-0.15, -0.1) is 0 Å². The molecule has 2 saturated heterocycles. The number of H-pyrrole nitrogens is 1. The minimum atomic E-state index is -5.15. The Morgan fingerprint density at radius 3 is 2.21 bits per heavy atom. The monoisotopic (exact) mass is 1130 g/mol. The molecule has 1 saturated carbocycles. The maximum absolute atomic E-state index is 15.6. The highest BCUT2D eigenvalue weighted by molar-refractivity contribution is 7.48. The van der Waals surface area contributed by atoms with Crippen molar-refractivity contribution >= 4 is 72.1 Å². The third kappa shape index (κ3) is 12.1. The third-order valence-electron chi connectivity index (χ3n) is 15.0. The zero-order chi connectivity index (χ0) is 55.3. The molecular weight excluding hydrogens is 1060 g/mol. The molecule has 10 atom stereocenters. The van der Waals surface area contributed by atoms with E-state index in [4.69, 9.17) is 47.8 Å². The number of fused-ring (bicyclic) bond motifs is 5. The zero-order valence-electron chi connectivity index (χ0n) is 44.8. The summed E-state index contributed by atoms with van der Waals surface area (Å²) in [5.41, 5.74) is 0.211. The summed E-state index contributed by atoms with van der Waals surface area (Å²) >= 11 is 0. The van der Waals surface area contributed by atoms with Crippen molar-refractivity contribution in [1.29, 1.82) is 0 Å². The first-order valence-electron chi connectivity index (χ1n) is 25.1. The van der Waals surface area contributed by atoms with Crippen LogP contribution in [-0.2, 0) is 56.6 Å². The van der Waals surface area contributed by atoms with E-state index >= 15 is 4.57 Å². The van der Waals surface area contributed by atoms with Gasteiger partial charge in [-0.2, -0.15) is 0 Å². The molecule has 2 aliphatic heterocycles. The Morgan fingerprint density at radius 2 is 1.55 bits per heavy atom. The summed E-state index contributed by atoms with van der Waals surface area (Å²) in [6.07, 6.45) is -3.69. The molecule has 2 unspecified atom stereocenters. The lowest BCUT2D eigenvalue weighted by atomic mass is 10.1. The summed E-state index contributed by atoms with van der Waals surface area (Å²) < 4.78 is 85.6. The number of phosphoric acid groups is 2. The highest BCUT2D eigenvalue weighted by Gasteiger charge is 2.58. The van der Waals surface area contributed by atoms with E-state index in [9.17, 15) is 23.8 Å². The van der Waals surface area contributed by atoms with E-state index in [2.05, 4.69) is 35.1 Å². The number of amides is 1. The molecule has 24 nitrogen and oxygen atoms in total. The molecule has 3 N–H and O–H groups in total. The van der Waals surface area contributed by atoms with E-state index in [1.54, 1.807) is 48.7 Å². The standard InChI is InChI=1S/C48H68N10O14P2Si2/c1-28(2)32(59)22-34-54-43-36(45(61)55-34)53-26-57(43)31-21-30-23-66-73(62,63)69-39-33(24-67-74(64,65-20-19-49-9)70-38(31)37(30)71-75(10,11)47(3,4)5)68-46(40(39)72-76(12,13)48(6,7)8)58-27-52-35-41(50-25-51-42(35)58)56-44(60)29-17-15-14-16-18-29/h14-18,25-28,30-31,33,37-40,46H,19-24H2,1-8,10-13H3,(H,62,63)(H,54,55,61)(H,50,51,56,60)/t30-,31-,33-,37-,38+,39-,40-,46-,74?/m1/s1. The minimum absolute atomic E-state index is 0.0461. The van der Waals surface area contributed by atoms with Gasteiger partial charge in [0, 0.05) is 17.4 Å². The average Bonchev–Trinajstić information content (AvgIpc) is 4.12. The van der Waals surface area contributed by atoms with Gasteiger partial charge in [-0.05, 0) is 54.8 Å². The topological polar surface area (TPSA) is 286 Å². The van der Waals surface area contributed by atoms with E-state index < -0.39 is 122 Å². The number of ether oxygens (including phenoxy) is 1. The first kappa shape index (κ1) is 57.5. The predicted molar refractivity (Wildman–Crippen MR) is 283 cm³/mol. The number of carbonyl (C=O) groups is 2. The van der Waals surface area contributed by atoms with Crippen molar-refractivity contribution in [3.8, 4) is 0 Å². The quantitative estimate of drug-likeness (QED) is 0.0409. The van der Waals surface area contributed by atoms with E-state index in [1.165, 1.54) is 23.5 Å². The number of phosphoric ester groups is 2. The van der Waals surface area contributed by atoms with Crippen molar-refractivity contribution in [1.82, 2.24) is 39.0 Å². The lowest BCUT2D eigenvalue weighted by molar-refractivity contribution is -0.121. The summed E-state index contributed by atoms with van der Waals surface area (Å²) in [7, 11) is -15.7. The van der Waals surface area contributed by atoms with Crippen molar-refractivity contribution < 1.29 is 59.8 Å². The van der Waals surface area contributed by atoms with Crippen molar-refractivity contribution in [2.75, 3.05) is 31.7 Å². The summed E-state index contributed by atoms with van der Waals surface area (Å²) in [4.78, 5) is 80.3. The van der Waals surface area contributed by atoms with Gasteiger partial charge in [-0.1, -0.05) is 73.6 Å². The summed E-state index contributed by atoms with van der Waals surface area (Å²) in [6, 6.07) is 7.62. The number of anilines is 1. The van der Waals surface area contributed by atoms with Gasteiger partial charge < -0.3 is 38.2 Å². The van der Waals surface area contributed by atoms with E-state index in [1.807, 2.05) is 67.7 Å². The molecule has 4 aromatic heterocycles. The van der Waals surface area contributed by atoms with Crippen molar-refractivity contribution in [3.05, 3.63) is 82.5 Å². The Hall–Kier alpha value is -4.72. The number of benzene rings is 1. The second-order valence-electron chi connectivity index (χ2n) is 22.7. The number of nitrogens with one attached hydrogen (secondary N) is 2. The number of imidazole rings is 2. The van der Waals surface area contributed by atoms with Crippen LogP contribution in [0.2, 0.25) is 36.3 Å². The Kier molecular flexibility index (Phi) is 16.5. The third-order valence-corrected chi connectivity index (χ3v) is 26.4. The number of aromatic amines is 1. The molecule has 412 valence electrons. The van der Waals surface area contributed by atoms with Crippen molar-refractivity contribution in [2.24, 2.45) is 11.8 Å². The average molecular weight is 1130 g/mol. The van der Waals surface area contributed by atoms with Crippen molar-refractivity contribution in [2.45, 2.75) is 147 Å². The zero-order valence-corrected chi connectivity index (χ0v) is 48.6. The molecule has 3 fully saturated rings. The number of Topliss-reactive ketones (excluding diaryl/α,β-unsaturated/α-hetero) is 1. The van der Waals surface area contributed by atoms with E-state index in [0.717, 1.165) is 0 Å². The van der Waals surface area contributed by atoms with Gasteiger partial charge in [0.05, 0.1) is 44.4 Å². The fourth-order valence-electron chi connectivity index (χ4n) is 8.70. The molecule has 0 radical (unpaired) electrons. The van der Waals surface area contributed by atoms with E-state index in [-0.39, 0.29) is 65.1 Å². The molecule has 28 heteroatoms. The first-order chi connectivity index (χ1) is 35.5. The second kappa shape index (κ2) is 21.8. The molecule has 1 aromatic carbocycles. The predicted octanol–water partition coefficient (Wildman–Crippen LogP) is 8.18. The fraction of sp³-hybridized carbons (Fsp3) is 0.604. The maximum Gasteiger partial charge on any atom is 0.475 e. The van der Waals surface area contributed by atoms with Crippen LogP contribution in [0, 0.1) is 18.4 Å². The first-order valence-corrected chi connectivity index (χ1v) is 33.9. The number of hydrogen-bond acceptors (Lipinski definition) is 18. The number of rotatable bonds is 14. The van der Waals surface area contributed by atoms with Crippen LogP contribution < -0.4 is 10.9 Å². The molecule has 2 bridgehead atoms. The van der Waals surface area contributed by atoms with Crippen LogP contribution in [0.4, 0.5) is 5.82 Å². The van der Waals surface area contributed by atoms with Gasteiger partial charge in [-0.25, -0.2) is 40.6 Å². The number of ketones is 1. The highest BCUT2D eigenvalue weighted by atomic mass is 31.2. The lowest BCUT2D eigenvalue weighted by Crippen LogP contribution is -2.49. The number of aromatic nitrogens is 8. The highest BCUT2D eigenvalue weighted by Crippen LogP contribution is 2.59. The van der Waals surface area contributed by atoms with Gasteiger partial charge >= 0.3 is 15.6 Å². The lowest BCUT2D eigenvalue weighted by Gasteiger charge is -2.41. The van der Waals surface area contributed by atoms with Crippen molar-refractivity contribution in [3.63, 3.8) is 0 Å². The van der Waals surface area contributed by atoms with Gasteiger partial charge in [0.25, 0.3) is 11.5 Å². The minimum Gasteiger partial charge on any atom is -0.411 e. The van der Waals surface area contributed by atoms with E-state index in [0.29, 0.717) is 5.56 Å². The van der Waals surface area contributed by atoms with Gasteiger partial charge in [0.2, 0.25) is 6.54 Å². The SMILES string of the molecule is [C-]#[N+]CCOP1(=O)OC[C@H]2O[C@@H](n3cnc4c(NC(=O)c5ccccc5)ncnc43)[C@H](O[Si](C)(C)C(C)(C)C)[C@@H]2OP(=O)(O)OC[C@H]2C[C@@H](n3cnc4c(=O)[nH]c(CC(=O)C(C)C)nc43)[C@H](O1)[C@@H]2O[Si](C)(C)C(C)(C)C. The Labute approximate surface area is 442 Å². The summed E-state index contributed by atoms with van der Waals surface area (Å²) in [5.74, 6) is -1.55. The fourth-order valence-corrected chi connectivity index (χ4v) is 13.7. The normalized spacial score (nSPS) is 27.9. The van der Waals surface area contributed by atoms with Crippen LogP contribution in [0.15, 0.2) is 54.1 Å². The maximum atomic E-state index is 15.6.